The lowest BCUT2D eigenvalue weighted by atomic mass is 9.60. The molecule has 0 aromatic heterocycles. The van der Waals surface area contributed by atoms with Crippen LogP contribution in [0.15, 0.2) is 11.6 Å². The maximum atomic E-state index is 5.44. The molecule has 0 atom stereocenters. The van der Waals surface area contributed by atoms with Gasteiger partial charge in [-0.25, -0.2) is 0 Å². The Balaban J connectivity index is 1.22. The fourth-order valence-corrected chi connectivity index (χ4v) is 5.22. The molecule has 4 aliphatic rings. The highest BCUT2D eigenvalue weighted by Crippen LogP contribution is 2.52. The third kappa shape index (κ3) is 3.38. The van der Waals surface area contributed by atoms with Crippen LogP contribution in [0.2, 0.25) is 0 Å². The molecule has 0 unspecified atom stereocenters. The van der Waals surface area contributed by atoms with Crippen LogP contribution in [0.25, 0.3) is 0 Å². The van der Waals surface area contributed by atoms with Gasteiger partial charge in [-0.2, -0.15) is 0 Å². The van der Waals surface area contributed by atoms with Crippen LogP contribution in [0, 0.1) is 10.8 Å². The molecule has 0 radical (unpaired) electrons. The molecule has 3 heteroatoms. The van der Waals surface area contributed by atoms with Crippen LogP contribution < -0.4 is 0 Å². The number of hydrogen-bond acceptors (Lipinski definition) is 3. The Morgan fingerprint density at radius 3 is 2.43 bits per heavy atom. The number of piperidine rings is 1. The van der Waals surface area contributed by atoms with Crippen LogP contribution in [0.5, 0.6) is 0 Å². The molecule has 130 valence electrons. The zero-order chi connectivity index (χ0) is 15.9. The minimum absolute atomic E-state index is 0.527. The molecule has 0 aromatic carbocycles. The number of rotatable bonds is 5. The maximum Gasteiger partial charge on any atom is 0.0530 e. The van der Waals surface area contributed by atoms with Crippen molar-refractivity contribution in [3.8, 4) is 0 Å². The van der Waals surface area contributed by atoms with Gasteiger partial charge in [-0.3, -0.25) is 4.90 Å². The summed E-state index contributed by atoms with van der Waals surface area (Å²) in [5.41, 5.74) is 2.82. The standard InChI is InChI=1S/C20H34N2O/c1-17-3-9-22(10-4-17)18-13-19(14-18)7-11-21(12-8-19)15-20(5-6-20)16-23-2/h3,18H,4-16H2,1-2H3. The quantitative estimate of drug-likeness (QED) is 0.723. The van der Waals surface area contributed by atoms with Crippen LogP contribution in [0.3, 0.4) is 0 Å². The third-order valence-electron chi connectivity index (χ3n) is 7.20. The van der Waals surface area contributed by atoms with Gasteiger partial charge in [0, 0.05) is 38.2 Å². The lowest BCUT2D eigenvalue weighted by Gasteiger charge is -2.56. The minimum atomic E-state index is 0.527. The number of hydrogen-bond donors (Lipinski definition) is 0. The molecule has 4 rings (SSSR count). The Labute approximate surface area is 142 Å². The smallest absolute Gasteiger partial charge is 0.0530 e. The Morgan fingerprint density at radius 2 is 1.87 bits per heavy atom. The molecule has 2 saturated carbocycles. The van der Waals surface area contributed by atoms with Crippen molar-refractivity contribution in [2.24, 2.45) is 10.8 Å². The van der Waals surface area contributed by atoms with Crippen molar-refractivity contribution >= 4 is 0 Å². The number of likely N-dealkylation sites (tertiary alicyclic amines) is 1. The highest BCUT2D eigenvalue weighted by molar-refractivity contribution is 5.08. The second-order valence-electron chi connectivity index (χ2n) is 9.07. The van der Waals surface area contributed by atoms with Crippen LogP contribution in [-0.2, 0) is 4.74 Å². The molecule has 23 heavy (non-hydrogen) atoms. The average molecular weight is 319 g/mol. The van der Waals surface area contributed by atoms with Crippen molar-refractivity contribution in [2.45, 2.75) is 57.9 Å². The number of methoxy groups -OCH3 is 1. The molecule has 2 heterocycles. The van der Waals surface area contributed by atoms with E-state index < -0.39 is 0 Å². The fourth-order valence-electron chi connectivity index (χ4n) is 5.22. The molecule has 1 saturated heterocycles. The van der Waals surface area contributed by atoms with Gasteiger partial charge in [-0.1, -0.05) is 11.6 Å². The molecule has 2 aliphatic carbocycles. The van der Waals surface area contributed by atoms with E-state index in [0.29, 0.717) is 10.8 Å². The topological polar surface area (TPSA) is 15.7 Å². The molecule has 1 spiro atoms. The Bertz CT molecular complexity index is 452. The lowest BCUT2D eigenvalue weighted by Crippen LogP contribution is -2.56. The molecule has 0 bridgehead atoms. The van der Waals surface area contributed by atoms with E-state index in [9.17, 15) is 0 Å². The Morgan fingerprint density at radius 1 is 1.13 bits per heavy atom. The van der Waals surface area contributed by atoms with E-state index in [-0.39, 0.29) is 0 Å². The van der Waals surface area contributed by atoms with E-state index in [4.69, 9.17) is 4.74 Å². The largest absolute Gasteiger partial charge is 0.384 e. The Kier molecular flexibility index (Phi) is 4.32. The second kappa shape index (κ2) is 6.16. The van der Waals surface area contributed by atoms with Crippen molar-refractivity contribution in [1.29, 1.82) is 0 Å². The highest BCUT2D eigenvalue weighted by atomic mass is 16.5. The van der Waals surface area contributed by atoms with Gasteiger partial charge in [-0.05, 0) is 70.4 Å². The molecular weight excluding hydrogens is 284 g/mol. The van der Waals surface area contributed by atoms with Gasteiger partial charge in [0.1, 0.15) is 0 Å². The van der Waals surface area contributed by atoms with Crippen LogP contribution in [0.4, 0.5) is 0 Å². The van der Waals surface area contributed by atoms with E-state index in [2.05, 4.69) is 22.8 Å². The summed E-state index contributed by atoms with van der Waals surface area (Å²) in [6.45, 7) is 9.71. The van der Waals surface area contributed by atoms with E-state index in [1.807, 2.05) is 7.11 Å². The first-order chi connectivity index (χ1) is 11.1. The molecule has 0 aromatic rings. The summed E-state index contributed by atoms with van der Waals surface area (Å²) in [6.07, 6.45) is 12.3. The zero-order valence-electron chi connectivity index (χ0n) is 15.1. The lowest BCUT2D eigenvalue weighted by molar-refractivity contribution is -0.0449. The predicted octanol–water partition coefficient (Wildman–Crippen LogP) is 3.31. The van der Waals surface area contributed by atoms with E-state index in [0.717, 1.165) is 12.6 Å². The van der Waals surface area contributed by atoms with E-state index in [1.165, 1.54) is 77.7 Å². The summed E-state index contributed by atoms with van der Waals surface area (Å²) >= 11 is 0. The molecule has 0 amide bonds. The molecule has 2 aliphatic heterocycles. The molecule has 3 nitrogen and oxygen atoms in total. The predicted molar refractivity (Wildman–Crippen MR) is 94.6 cm³/mol. The second-order valence-corrected chi connectivity index (χ2v) is 9.07. The summed E-state index contributed by atoms with van der Waals surface area (Å²) in [6, 6.07) is 0.883. The third-order valence-corrected chi connectivity index (χ3v) is 7.20. The van der Waals surface area contributed by atoms with Crippen molar-refractivity contribution < 1.29 is 4.74 Å². The van der Waals surface area contributed by atoms with Crippen LogP contribution in [0.1, 0.15) is 51.9 Å². The van der Waals surface area contributed by atoms with Gasteiger partial charge >= 0.3 is 0 Å². The highest BCUT2D eigenvalue weighted by Gasteiger charge is 2.49. The van der Waals surface area contributed by atoms with Gasteiger partial charge in [0.2, 0.25) is 0 Å². The molecule has 0 N–H and O–H groups in total. The summed E-state index contributed by atoms with van der Waals surface area (Å²) in [7, 11) is 1.86. The fraction of sp³-hybridized carbons (Fsp3) is 0.900. The molecular formula is C20H34N2O. The summed E-state index contributed by atoms with van der Waals surface area (Å²) < 4.78 is 5.44. The van der Waals surface area contributed by atoms with Gasteiger partial charge in [0.15, 0.2) is 0 Å². The summed E-state index contributed by atoms with van der Waals surface area (Å²) in [5.74, 6) is 0. The van der Waals surface area contributed by atoms with Gasteiger partial charge in [0.25, 0.3) is 0 Å². The maximum absolute atomic E-state index is 5.44. The first-order valence-corrected chi connectivity index (χ1v) is 9.73. The van der Waals surface area contributed by atoms with Crippen molar-refractivity contribution in [3.05, 3.63) is 11.6 Å². The monoisotopic (exact) mass is 318 g/mol. The summed E-state index contributed by atoms with van der Waals surface area (Å²) in [4.78, 5) is 5.47. The number of nitrogens with zero attached hydrogens (tertiary/aromatic N) is 2. The van der Waals surface area contributed by atoms with Crippen molar-refractivity contribution in [2.75, 3.05) is 46.4 Å². The SMILES string of the molecule is COCC1(CN2CCC3(CC2)CC(N2CC=C(C)CC2)C3)CC1. The van der Waals surface area contributed by atoms with Crippen molar-refractivity contribution in [1.82, 2.24) is 9.80 Å². The molecule has 3 fully saturated rings. The average Bonchev–Trinajstić information content (AvgIpc) is 3.27. The summed E-state index contributed by atoms with van der Waals surface area (Å²) in [5, 5.41) is 0. The van der Waals surface area contributed by atoms with Gasteiger partial charge < -0.3 is 9.64 Å². The zero-order valence-corrected chi connectivity index (χ0v) is 15.1. The number of ether oxygens (including phenoxy) is 1. The van der Waals surface area contributed by atoms with E-state index >= 15 is 0 Å². The van der Waals surface area contributed by atoms with Gasteiger partial charge in [0.05, 0.1) is 6.61 Å². The normalized spacial score (nSPS) is 31.0. The van der Waals surface area contributed by atoms with E-state index in [1.54, 1.807) is 5.57 Å². The first-order valence-electron chi connectivity index (χ1n) is 9.73. The van der Waals surface area contributed by atoms with Gasteiger partial charge in [-0.15, -0.1) is 0 Å². The Hall–Kier alpha value is -0.380. The van der Waals surface area contributed by atoms with Crippen LogP contribution >= 0.6 is 0 Å². The van der Waals surface area contributed by atoms with Crippen LogP contribution in [-0.4, -0.2) is 62.3 Å². The first kappa shape index (κ1) is 16.1. The van der Waals surface area contributed by atoms with Crippen molar-refractivity contribution in [3.63, 3.8) is 0 Å². The minimum Gasteiger partial charge on any atom is -0.384 e.